The molecule has 0 aliphatic rings. The average molecular weight is 329 g/mol. The van der Waals surface area contributed by atoms with Crippen LogP contribution in [0.15, 0.2) is 33.4 Å². The number of hydrogen-bond donors (Lipinski definition) is 0. The first-order chi connectivity index (χ1) is 8.16. The summed E-state index contributed by atoms with van der Waals surface area (Å²) in [4.78, 5) is 24.9. The predicted molar refractivity (Wildman–Crippen MR) is 74.2 cm³/mol. The predicted octanol–water partition coefficient (Wildman–Crippen LogP) is 4.42. The summed E-state index contributed by atoms with van der Waals surface area (Å²) in [7, 11) is 0. The van der Waals surface area contributed by atoms with E-state index < -0.39 is 0 Å². The van der Waals surface area contributed by atoms with Crippen LogP contribution >= 0.6 is 38.6 Å². The Morgan fingerprint density at radius 1 is 1.06 bits per heavy atom. The van der Waals surface area contributed by atoms with Gasteiger partial charge in [-0.2, -0.15) is 0 Å². The van der Waals surface area contributed by atoms with Crippen molar-refractivity contribution in [3.05, 3.63) is 43.2 Å². The third kappa shape index (κ3) is 3.34. The lowest BCUT2D eigenvalue weighted by molar-refractivity contribution is 0.0921. The van der Waals surface area contributed by atoms with Gasteiger partial charge in [-0.3, -0.25) is 9.59 Å². The molecule has 5 heteroatoms. The van der Waals surface area contributed by atoms with Crippen molar-refractivity contribution in [3.63, 3.8) is 0 Å². The van der Waals surface area contributed by atoms with Crippen molar-refractivity contribution < 1.29 is 9.59 Å². The normalized spacial score (nSPS) is 10.4. The second-order valence-electron chi connectivity index (χ2n) is 3.43. The quantitative estimate of drug-likeness (QED) is 0.761. The summed E-state index contributed by atoms with van der Waals surface area (Å²) >= 11 is 6.13. The fraction of sp³-hybridized carbons (Fsp3) is 0.167. The lowest BCUT2D eigenvalue weighted by atomic mass is 10.1. The summed E-state index contributed by atoms with van der Waals surface area (Å²) in [5, 5.41) is 1.87. The number of hydrogen-bond acceptors (Lipinski definition) is 4. The lowest BCUT2D eigenvalue weighted by Crippen LogP contribution is -2.02. The minimum Gasteiger partial charge on any atom is -0.293 e. The zero-order valence-electron chi connectivity index (χ0n) is 8.81. The molecule has 0 radical (unpaired) electrons. The monoisotopic (exact) mass is 328 g/mol. The Bertz CT molecular complexity index is 528. The third-order valence-electron chi connectivity index (χ3n) is 2.22. The fourth-order valence-electron chi connectivity index (χ4n) is 1.37. The summed E-state index contributed by atoms with van der Waals surface area (Å²) in [5.41, 5.74) is 0. The highest BCUT2D eigenvalue weighted by Crippen LogP contribution is 2.24. The number of thiophene rings is 2. The number of halogens is 1. The molecular weight excluding hydrogens is 320 g/mol. The topological polar surface area (TPSA) is 34.1 Å². The molecule has 88 valence electrons. The van der Waals surface area contributed by atoms with Crippen molar-refractivity contribution >= 4 is 50.2 Å². The Labute approximate surface area is 115 Å². The average Bonchev–Trinajstić information content (AvgIpc) is 2.95. The molecule has 0 N–H and O–H groups in total. The number of ketones is 2. The van der Waals surface area contributed by atoms with E-state index in [1.165, 1.54) is 22.7 Å². The van der Waals surface area contributed by atoms with Crippen LogP contribution in [-0.4, -0.2) is 11.6 Å². The molecule has 0 aliphatic carbocycles. The van der Waals surface area contributed by atoms with Gasteiger partial charge in [-0.25, -0.2) is 0 Å². The number of Topliss-reactive ketones (excluding diaryl/α,β-unsaturated/α-hetero) is 2. The van der Waals surface area contributed by atoms with E-state index in [2.05, 4.69) is 15.9 Å². The molecule has 0 atom stereocenters. The second kappa shape index (κ2) is 5.71. The maximum Gasteiger partial charge on any atom is 0.173 e. The van der Waals surface area contributed by atoms with Gasteiger partial charge in [-0.15, -0.1) is 22.7 Å². The smallest absolute Gasteiger partial charge is 0.173 e. The Morgan fingerprint density at radius 3 is 2.29 bits per heavy atom. The minimum atomic E-state index is 0.0330. The third-order valence-corrected chi connectivity index (χ3v) is 4.80. The van der Waals surface area contributed by atoms with E-state index in [1.807, 2.05) is 17.5 Å². The minimum absolute atomic E-state index is 0.0330. The van der Waals surface area contributed by atoms with Gasteiger partial charge in [-0.05, 0) is 39.5 Å². The zero-order chi connectivity index (χ0) is 12.3. The molecule has 0 unspecified atom stereocenters. The molecule has 2 heterocycles. The molecule has 2 aromatic heterocycles. The van der Waals surface area contributed by atoms with E-state index in [0.29, 0.717) is 4.88 Å². The highest BCUT2D eigenvalue weighted by Gasteiger charge is 2.12. The number of rotatable bonds is 5. The highest BCUT2D eigenvalue weighted by molar-refractivity contribution is 9.11. The van der Waals surface area contributed by atoms with E-state index in [0.717, 1.165) is 8.66 Å². The van der Waals surface area contributed by atoms with Crippen molar-refractivity contribution in [1.29, 1.82) is 0 Å². The Kier molecular flexibility index (Phi) is 4.25. The first-order valence-corrected chi connectivity index (χ1v) is 7.51. The van der Waals surface area contributed by atoms with Crippen molar-refractivity contribution in [2.75, 3.05) is 0 Å². The van der Waals surface area contributed by atoms with Gasteiger partial charge < -0.3 is 0 Å². The molecule has 2 nitrogen and oxygen atoms in total. The Hall–Kier alpha value is -0.780. The molecule has 0 fully saturated rings. The molecule has 2 aromatic rings. The van der Waals surface area contributed by atoms with Gasteiger partial charge in [0.2, 0.25) is 0 Å². The van der Waals surface area contributed by atoms with Crippen LogP contribution in [0.4, 0.5) is 0 Å². The standard InChI is InChI=1S/C12H9BrO2S2/c13-12-6-5-11(17-12)9(15)4-3-8(14)10-2-1-7-16-10/h1-2,5-7H,3-4H2. The van der Waals surface area contributed by atoms with Crippen LogP contribution in [0.1, 0.15) is 32.2 Å². The summed E-state index contributed by atoms with van der Waals surface area (Å²) < 4.78 is 0.936. The molecule has 0 aliphatic heterocycles. The maximum atomic E-state index is 11.8. The van der Waals surface area contributed by atoms with E-state index in [4.69, 9.17) is 0 Å². The van der Waals surface area contributed by atoms with Crippen LogP contribution in [-0.2, 0) is 0 Å². The van der Waals surface area contributed by atoms with E-state index >= 15 is 0 Å². The van der Waals surface area contributed by atoms with E-state index in [1.54, 1.807) is 12.1 Å². The maximum absolute atomic E-state index is 11.8. The second-order valence-corrected chi connectivity index (χ2v) is 6.84. The largest absolute Gasteiger partial charge is 0.293 e. The zero-order valence-corrected chi connectivity index (χ0v) is 12.0. The lowest BCUT2D eigenvalue weighted by Gasteiger charge is -1.96. The SMILES string of the molecule is O=C(CCC(=O)c1ccc(Br)s1)c1cccs1. The molecule has 0 saturated carbocycles. The molecule has 0 spiro atoms. The van der Waals surface area contributed by atoms with Gasteiger partial charge in [0.25, 0.3) is 0 Å². The molecule has 0 amide bonds. The van der Waals surface area contributed by atoms with Gasteiger partial charge in [0.15, 0.2) is 11.6 Å². The van der Waals surface area contributed by atoms with E-state index in [9.17, 15) is 9.59 Å². The first-order valence-electron chi connectivity index (χ1n) is 5.02. The Balaban J connectivity index is 1.91. The summed E-state index contributed by atoms with van der Waals surface area (Å²) in [6, 6.07) is 7.26. The molecule has 17 heavy (non-hydrogen) atoms. The van der Waals surface area contributed by atoms with E-state index in [-0.39, 0.29) is 24.4 Å². The van der Waals surface area contributed by atoms with Crippen LogP contribution < -0.4 is 0 Å². The molecule has 0 bridgehead atoms. The van der Waals surface area contributed by atoms with Gasteiger partial charge in [-0.1, -0.05) is 6.07 Å². The van der Waals surface area contributed by atoms with Gasteiger partial charge in [0, 0.05) is 12.8 Å². The molecular formula is C12H9BrO2S2. The van der Waals surface area contributed by atoms with Crippen molar-refractivity contribution in [2.24, 2.45) is 0 Å². The number of carbonyl (C=O) groups is 2. The van der Waals surface area contributed by atoms with Crippen molar-refractivity contribution in [1.82, 2.24) is 0 Å². The summed E-state index contributed by atoms with van der Waals surface area (Å²) in [6.07, 6.45) is 0.568. The van der Waals surface area contributed by atoms with Gasteiger partial charge in [0.05, 0.1) is 13.5 Å². The first kappa shape index (κ1) is 12.7. The summed E-state index contributed by atoms with van der Waals surface area (Å²) in [6.45, 7) is 0. The highest BCUT2D eigenvalue weighted by atomic mass is 79.9. The van der Waals surface area contributed by atoms with Gasteiger partial charge in [0.1, 0.15) is 0 Å². The van der Waals surface area contributed by atoms with Crippen LogP contribution in [0, 0.1) is 0 Å². The van der Waals surface area contributed by atoms with Gasteiger partial charge >= 0.3 is 0 Å². The van der Waals surface area contributed by atoms with Crippen molar-refractivity contribution in [3.8, 4) is 0 Å². The van der Waals surface area contributed by atoms with Crippen LogP contribution in [0.3, 0.4) is 0 Å². The van der Waals surface area contributed by atoms with Crippen LogP contribution in [0.2, 0.25) is 0 Å². The Morgan fingerprint density at radius 2 is 1.76 bits per heavy atom. The van der Waals surface area contributed by atoms with Crippen LogP contribution in [0.25, 0.3) is 0 Å². The molecule has 2 rings (SSSR count). The molecule has 0 aromatic carbocycles. The molecule has 0 saturated heterocycles. The fourth-order valence-corrected chi connectivity index (χ4v) is 3.42. The number of carbonyl (C=O) groups excluding carboxylic acids is 2. The van der Waals surface area contributed by atoms with Crippen LogP contribution in [0.5, 0.6) is 0 Å². The van der Waals surface area contributed by atoms with Crippen molar-refractivity contribution in [2.45, 2.75) is 12.8 Å². The summed E-state index contributed by atoms with van der Waals surface area (Å²) in [5.74, 6) is 0.0783.